The van der Waals surface area contributed by atoms with Crippen LogP contribution < -0.4 is 11.2 Å². The number of fused-ring (bicyclic) bond motifs is 2. The Morgan fingerprint density at radius 2 is 1.84 bits per heavy atom. The number of benzene rings is 1. The maximum absolute atomic E-state index is 12.8. The Morgan fingerprint density at radius 1 is 1.13 bits per heavy atom. The molecule has 3 heterocycles. The van der Waals surface area contributed by atoms with Crippen LogP contribution in [0.2, 0.25) is 3.93 Å². The van der Waals surface area contributed by atoms with Crippen LogP contribution in [-0.4, -0.2) is 54.8 Å². The first-order valence-corrected chi connectivity index (χ1v) is 17.3. The summed E-state index contributed by atoms with van der Waals surface area (Å²) in [6.45, 7) is -0.102. The third-order valence-electron chi connectivity index (χ3n) is 5.52. The molecule has 0 spiro atoms. The Labute approximate surface area is 189 Å². The number of aryl methyl sites for hydroxylation is 1. The summed E-state index contributed by atoms with van der Waals surface area (Å²) in [7, 11) is 0.521. The number of ether oxygens (including phenoxy) is 1. The number of carbonyl (C=O) groups excluding carboxylic acids is 1. The van der Waals surface area contributed by atoms with Crippen molar-refractivity contribution in [3.8, 4) is 0 Å². The summed E-state index contributed by atoms with van der Waals surface area (Å²) in [5.74, 6) is -0.564. The number of hydrogen-bond acceptors (Lipinski definition) is 7. The van der Waals surface area contributed by atoms with Crippen molar-refractivity contribution in [1.29, 1.82) is 0 Å². The van der Waals surface area contributed by atoms with Crippen LogP contribution in [0.3, 0.4) is 0 Å². The van der Waals surface area contributed by atoms with Crippen molar-refractivity contribution >= 4 is 27.1 Å². The van der Waals surface area contributed by atoms with E-state index in [2.05, 4.69) is 4.98 Å². The van der Waals surface area contributed by atoms with Crippen LogP contribution >= 0.6 is 0 Å². The summed E-state index contributed by atoms with van der Waals surface area (Å²) >= 11 is -2.09. The van der Waals surface area contributed by atoms with Gasteiger partial charge in [-0.1, -0.05) is 0 Å². The monoisotopic (exact) mass is 635 g/mol. The van der Waals surface area contributed by atoms with E-state index in [1.54, 1.807) is 25.5 Å². The molecule has 1 aliphatic rings. The fourth-order valence-electron chi connectivity index (χ4n) is 3.73. The first kappa shape index (κ1) is 21.9. The number of hydrogen-bond donors (Lipinski definition) is 0. The molecule has 0 N–H and O–H groups in total. The van der Waals surface area contributed by atoms with Crippen molar-refractivity contribution in [3.63, 3.8) is 0 Å². The molecular formula is C18H19HgN5O6S. The van der Waals surface area contributed by atoms with Gasteiger partial charge in [0.05, 0.1) is 0 Å². The van der Waals surface area contributed by atoms with Crippen molar-refractivity contribution in [1.82, 2.24) is 20.8 Å². The molecule has 1 atom stereocenters. The van der Waals surface area contributed by atoms with Gasteiger partial charge in [0.1, 0.15) is 0 Å². The van der Waals surface area contributed by atoms with Gasteiger partial charge < -0.3 is 0 Å². The predicted molar refractivity (Wildman–Crippen MR) is 106 cm³/mol. The summed E-state index contributed by atoms with van der Waals surface area (Å²) in [6, 6.07) is 6.12. The van der Waals surface area contributed by atoms with Gasteiger partial charge in [0.15, 0.2) is 0 Å². The van der Waals surface area contributed by atoms with Crippen molar-refractivity contribution in [2.45, 2.75) is 14.9 Å². The van der Waals surface area contributed by atoms with Gasteiger partial charge >= 0.3 is 190 Å². The van der Waals surface area contributed by atoms with Crippen molar-refractivity contribution in [2.24, 2.45) is 14.1 Å². The molecule has 0 saturated carbocycles. The number of sulfonamides is 1. The van der Waals surface area contributed by atoms with Gasteiger partial charge in [-0.25, -0.2) is 0 Å². The zero-order valence-corrected chi connectivity index (χ0v) is 23.5. The van der Waals surface area contributed by atoms with E-state index in [0.29, 0.717) is 15.1 Å². The van der Waals surface area contributed by atoms with Gasteiger partial charge in [-0.3, -0.25) is 0 Å². The molecule has 11 nitrogen and oxygen atoms in total. The molecule has 0 aliphatic carbocycles. The Kier molecular flexibility index (Phi) is 5.64. The van der Waals surface area contributed by atoms with Gasteiger partial charge in [0.2, 0.25) is 0 Å². The summed E-state index contributed by atoms with van der Waals surface area (Å²) in [5.41, 5.74) is -0.0380. The van der Waals surface area contributed by atoms with Gasteiger partial charge in [0.25, 0.3) is 0 Å². The standard InChI is InChI=1S/C11H12NO4S.C7H8N4O2.Hg/c1-8(16-2)7-12-11(13)9-5-3-4-6-10(9)17(12,14)15;1-10-5-4(8-3-9-5)6(12)11(2)7(10)13;/h3-6,8H,1,7H2,2H3;3H,1-2H3,(H,8,9,12);/q;;+1/p-1/t8-;;/m0../s1. The average Bonchev–Trinajstić information content (AvgIpc) is 3.27. The van der Waals surface area contributed by atoms with Crippen molar-refractivity contribution < 1.29 is 42.8 Å². The minimum absolute atomic E-state index is 0.00413. The van der Waals surface area contributed by atoms with E-state index in [4.69, 9.17) is 4.74 Å². The van der Waals surface area contributed by atoms with Crippen molar-refractivity contribution in [3.05, 3.63) is 57.0 Å². The molecule has 0 radical (unpaired) electrons. The van der Waals surface area contributed by atoms with E-state index >= 15 is 0 Å². The Balaban J connectivity index is 1.58. The van der Waals surface area contributed by atoms with Gasteiger partial charge in [-0.15, -0.1) is 0 Å². The number of nitrogens with zero attached hydrogens (tertiary/aromatic N) is 5. The maximum atomic E-state index is 12.8. The fraction of sp³-hybridized carbons (Fsp3) is 0.333. The molecule has 0 bridgehead atoms. The Hall–Kier alpha value is -2.31. The Morgan fingerprint density at radius 3 is 2.52 bits per heavy atom. The molecule has 1 amide bonds. The van der Waals surface area contributed by atoms with Crippen LogP contribution in [-0.2, 0) is 53.7 Å². The molecule has 31 heavy (non-hydrogen) atoms. The first-order chi connectivity index (χ1) is 14.7. The van der Waals surface area contributed by atoms with Crippen LogP contribution in [0, 0.1) is 0 Å². The zero-order chi connectivity index (χ0) is 22.5. The first-order valence-electron chi connectivity index (χ1n) is 9.48. The number of methoxy groups -OCH3 is 1. The van der Waals surface area contributed by atoms with E-state index in [0.717, 1.165) is 8.87 Å². The van der Waals surface area contributed by atoms with Gasteiger partial charge in [-0.2, -0.15) is 0 Å². The minimum atomic E-state index is -3.91. The molecule has 0 saturated heterocycles. The molecule has 4 rings (SSSR count). The van der Waals surface area contributed by atoms with Crippen LogP contribution in [0.25, 0.3) is 11.2 Å². The third-order valence-corrected chi connectivity index (χ3v) is 14.6. The Bertz CT molecular complexity index is 1420. The van der Waals surface area contributed by atoms with E-state index < -0.39 is 58.2 Å². The zero-order valence-electron chi connectivity index (χ0n) is 17.2. The van der Waals surface area contributed by atoms with Gasteiger partial charge in [0, 0.05) is 0 Å². The molecule has 13 heteroatoms. The van der Waals surface area contributed by atoms with E-state index in [1.165, 1.54) is 30.9 Å². The SMILES string of the molecule is CO[C@@H]([CH2][Hg][n]1cnc2c1c(=O)n(C)c(=O)n2C)CN1C(=O)c2ccccc2S1(=O)=O. The fourth-order valence-corrected chi connectivity index (χ4v) is 11.9. The quantitative estimate of drug-likeness (QED) is 0.337. The number of rotatable bonds is 6. The number of carbonyl (C=O) groups is 1. The van der Waals surface area contributed by atoms with E-state index in [9.17, 15) is 22.8 Å². The van der Waals surface area contributed by atoms with E-state index in [1.807, 2.05) is 2.33 Å². The normalized spacial score (nSPS) is 15.8. The molecule has 1 aliphatic heterocycles. The van der Waals surface area contributed by atoms with Crippen LogP contribution in [0.1, 0.15) is 10.4 Å². The second-order valence-corrected chi connectivity index (χ2v) is 15.8. The molecule has 0 fully saturated rings. The molecular weight excluding hydrogens is 615 g/mol. The number of imidazole rings is 1. The molecule has 3 aromatic rings. The summed E-state index contributed by atoms with van der Waals surface area (Å²) in [4.78, 5) is 41.5. The predicted octanol–water partition coefficient (Wildman–Crippen LogP) is -0.443. The summed E-state index contributed by atoms with van der Waals surface area (Å²) in [6.07, 6.45) is 1.04. The topological polar surface area (TPSA) is 126 Å². The average molecular weight is 634 g/mol. The second-order valence-electron chi connectivity index (χ2n) is 7.30. The third kappa shape index (κ3) is 3.46. The summed E-state index contributed by atoms with van der Waals surface area (Å²) in [5, 5.41) is 0. The van der Waals surface area contributed by atoms with Crippen LogP contribution in [0.4, 0.5) is 0 Å². The molecule has 0 unspecified atom stereocenters. The molecule has 2 aromatic heterocycles. The number of aromatic nitrogens is 4. The molecule has 160 valence electrons. The molecule has 1 aromatic carbocycles. The van der Waals surface area contributed by atoms with Gasteiger partial charge in [-0.05, 0) is 0 Å². The van der Waals surface area contributed by atoms with E-state index in [-0.39, 0.29) is 17.0 Å². The van der Waals surface area contributed by atoms with Crippen LogP contribution in [0.15, 0.2) is 45.1 Å². The number of amides is 1. The van der Waals surface area contributed by atoms with Crippen molar-refractivity contribution in [2.75, 3.05) is 13.7 Å². The van der Waals surface area contributed by atoms with Crippen LogP contribution in [0.5, 0.6) is 0 Å². The second kappa shape index (κ2) is 7.99. The summed E-state index contributed by atoms with van der Waals surface area (Å²) < 4.78 is 36.6.